The average Bonchev–Trinajstić information content (AvgIpc) is 3.05. The molecule has 1 atom stereocenters. The van der Waals surface area contributed by atoms with E-state index in [4.69, 9.17) is 4.99 Å². The molecular weight excluding hydrogens is 451 g/mol. The zero-order valence-corrected chi connectivity index (χ0v) is 19.2. The second-order valence-corrected chi connectivity index (χ2v) is 6.66. The van der Waals surface area contributed by atoms with Gasteiger partial charge in [0.2, 0.25) is 0 Å². The molecule has 150 valence electrons. The van der Waals surface area contributed by atoms with E-state index in [0.717, 1.165) is 31.9 Å². The Balaban J connectivity index is 0.00000364. The molecule has 2 rings (SSSR count). The minimum Gasteiger partial charge on any atom is -0.357 e. The maximum absolute atomic E-state index is 4.78. The molecular formula is C20H33IN6. The molecule has 0 fully saturated rings. The van der Waals surface area contributed by atoms with Crippen LogP contribution in [-0.4, -0.2) is 54.4 Å². The van der Waals surface area contributed by atoms with E-state index in [2.05, 4.69) is 78.2 Å². The van der Waals surface area contributed by atoms with E-state index in [9.17, 15) is 0 Å². The number of guanidine groups is 1. The molecule has 27 heavy (non-hydrogen) atoms. The fourth-order valence-electron chi connectivity index (χ4n) is 2.84. The number of hydrogen-bond acceptors (Lipinski definition) is 3. The number of aromatic nitrogens is 2. The van der Waals surface area contributed by atoms with E-state index >= 15 is 0 Å². The van der Waals surface area contributed by atoms with Crippen molar-refractivity contribution in [1.82, 2.24) is 25.3 Å². The van der Waals surface area contributed by atoms with Crippen molar-refractivity contribution < 1.29 is 0 Å². The van der Waals surface area contributed by atoms with Crippen LogP contribution in [0.2, 0.25) is 0 Å². The molecule has 1 aromatic heterocycles. The molecule has 0 saturated heterocycles. The molecule has 2 N–H and O–H groups in total. The highest BCUT2D eigenvalue weighted by Crippen LogP contribution is 2.17. The number of nitrogens with one attached hydrogen (secondary N) is 2. The van der Waals surface area contributed by atoms with Crippen LogP contribution in [0.3, 0.4) is 0 Å². The molecule has 0 radical (unpaired) electrons. The number of benzene rings is 1. The summed E-state index contributed by atoms with van der Waals surface area (Å²) < 4.78 is 1.84. The van der Waals surface area contributed by atoms with Crippen molar-refractivity contribution in [1.29, 1.82) is 0 Å². The Labute approximate surface area is 180 Å². The van der Waals surface area contributed by atoms with Crippen molar-refractivity contribution in [2.45, 2.75) is 25.8 Å². The molecule has 7 heteroatoms. The van der Waals surface area contributed by atoms with Gasteiger partial charge in [0, 0.05) is 31.9 Å². The van der Waals surface area contributed by atoms with Crippen LogP contribution in [0, 0.1) is 0 Å². The topological polar surface area (TPSA) is 57.5 Å². The predicted molar refractivity (Wildman–Crippen MR) is 124 cm³/mol. The lowest BCUT2D eigenvalue weighted by Gasteiger charge is -2.22. The molecule has 2 aromatic rings. The predicted octanol–water partition coefficient (Wildman–Crippen LogP) is 2.83. The second kappa shape index (κ2) is 12.7. The molecule has 1 heterocycles. The van der Waals surface area contributed by atoms with Crippen LogP contribution < -0.4 is 10.6 Å². The smallest absolute Gasteiger partial charge is 0.191 e. The summed E-state index contributed by atoms with van der Waals surface area (Å²) in [5.41, 5.74) is 2.56. The van der Waals surface area contributed by atoms with Gasteiger partial charge in [0.25, 0.3) is 0 Å². The van der Waals surface area contributed by atoms with Crippen LogP contribution >= 0.6 is 24.0 Å². The van der Waals surface area contributed by atoms with E-state index in [1.807, 2.05) is 17.9 Å². The van der Waals surface area contributed by atoms with Gasteiger partial charge in [-0.05, 0) is 39.4 Å². The van der Waals surface area contributed by atoms with E-state index in [1.54, 1.807) is 0 Å². The van der Waals surface area contributed by atoms with Gasteiger partial charge in [0.05, 0.1) is 18.8 Å². The average molecular weight is 484 g/mol. The van der Waals surface area contributed by atoms with Crippen LogP contribution in [0.25, 0.3) is 0 Å². The first-order valence-electron chi connectivity index (χ1n) is 9.31. The van der Waals surface area contributed by atoms with E-state index in [-0.39, 0.29) is 30.0 Å². The first-order valence-corrected chi connectivity index (χ1v) is 9.31. The highest BCUT2D eigenvalue weighted by atomic mass is 127. The number of rotatable bonds is 9. The quantitative estimate of drug-likeness (QED) is 0.249. The maximum Gasteiger partial charge on any atom is 0.191 e. The lowest BCUT2D eigenvalue weighted by molar-refractivity contribution is 0.306. The molecule has 0 saturated carbocycles. The molecule has 0 aliphatic carbocycles. The van der Waals surface area contributed by atoms with E-state index in [0.29, 0.717) is 6.54 Å². The molecule has 0 amide bonds. The Morgan fingerprint density at radius 1 is 1.22 bits per heavy atom. The monoisotopic (exact) mass is 484 g/mol. The van der Waals surface area contributed by atoms with Crippen molar-refractivity contribution in [3.05, 3.63) is 53.9 Å². The fraction of sp³-hybridized carbons (Fsp3) is 0.500. The third-order valence-electron chi connectivity index (χ3n) is 4.28. The molecule has 0 aliphatic heterocycles. The van der Waals surface area contributed by atoms with E-state index < -0.39 is 0 Å². The molecule has 6 nitrogen and oxygen atoms in total. The van der Waals surface area contributed by atoms with Crippen molar-refractivity contribution in [3.63, 3.8) is 0 Å². The zero-order chi connectivity index (χ0) is 18.8. The van der Waals surface area contributed by atoms with Gasteiger partial charge >= 0.3 is 0 Å². The fourth-order valence-corrected chi connectivity index (χ4v) is 2.84. The number of halogens is 1. The van der Waals surface area contributed by atoms with Gasteiger partial charge in [-0.25, -0.2) is 0 Å². The Morgan fingerprint density at radius 3 is 2.56 bits per heavy atom. The van der Waals surface area contributed by atoms with Gasteiger partial charge < -0.3 is 15.5 Å². The number of aliphatic imine (C=N–C) groups is 1. The van der Waals surface area contributed by atoms with Gasteiger partial charge in [-0.1, -0.05) is 30.3 Å². The first-order chi connectivity index (χ1) is 12.6. The third-order valence-corrected chi connectivity index (χ3v) is 4.28. The van der Waals surface area contributed by atoms with Crippen LogP contribution in [-0.2, 0) is 13.5 Å². The largest absolute Gasteiger partial charge is 0.357 e. The standard InChI is InChI=1S/C20H32N6.HI/c1-5-21-20(22-13-9-12-17-10-7-6-8-11-17)23-15-19(25(2)3)18-14-24-26(4)16-18;/h6-8,10-11,14,16,19H,5,9,12-13,15H2,1-4H3,(H2,21,22,23);1H. The minimum absolute atomic E-state index is 0. The lowest BCUT2D eigenvalue weighted by Crippen LogP contribution is -2.38. The van der Waals surface area contributed by atoms with E-state index in [1.165, 1.54) is 11.1 Å². The number of aryl methyl sites for hydroxylation is 2. The Morgan fingerprint density at radius 2 is 1.96 bits per heavy atom. The number of nitrogens with zero attached hydrogens (tertiary/aromatic N) is 4. The van der Waals surface area contributed by atoms with Crippen molar-refractivity contribution in [2.75, 3.05) is 33.7 Å². The summed E-state index contributed by atoms with van der Waals surface area (Å²) in [7, 11) is 6.10. The van der Waals surface area contributed by atoms with Gasteiger partial charge in [-0.3, -0.25) is 9.67 Å². The highest BCUT2D eigenvalue weighted by molar-refractivity contribution is 14.0. The summed E-state index contributed by atoms with van der Waals surface area (Å²) in [4.78, 5) is 6.96. The van der Waals surface area contributed by atoms with Crippen LogP contribution in [0.4, 0.5) is 0 Å². The van der Waals surface area contributed by atoms with Crippen LogP contribution in [0.5, 0.6) is 0 Å². The summed E-state index contributed by atoms with van der Waals surface area (Å²) >= 11 is 0. The summed E-state index contributed by atoms with van der Waals surface area (Å²) in [6, 6.07) is 10.8. The molecule has 1 aromatic carbocycles. The lowest BCUT2D eigenvalue weighted by atomic mass is 10.1. The van der Waals surface area contributed by atoms with Gasteiger partial charge in [-0.2, -0.15) is 5.10 Å². The van der Waals surface area contributed by atoms with Gasteiger partial charge in [-0.15, -0.1) is 24.0 Å². The van der Waals surface area contributed by atoms with Crippen molar-refractivity contribution >= 4 is 29.9 Å². The van der Waals surface area contributed by atoms with Crippen LogP contribution in [0.1, 0.15) is 30.5 Å². The van der Waals surface area contributed by atoms with Gasteiger partial charge in [0.15, 0.2) is 5.96 Å². The van der Waals surface area contributed by atoms with Gasteiger partial charge in [0.1, 0.15) is 0 Å². The minimum atomic E-state index is 0. The third kappa shape index (κ3) is 8.30. The second-order valence-electron chi connectivity index (χ2n) is 6.66. The summed E-state index contributed by atoms with van der Waals surface area (Å²) in [6.45, 7) is 4.53. The Hall–Kier alpha value is -1.61. The summed E-state index contributed by atoms with van der Waals surface area (Å²) in [6.07, 6.45) is 6.12. The Kier molecular flexibility index (Phi) is 11.0. The SMILES string of the molecule is CCNC(=NCC(c1cnn(C)c1)N(C)C)NCCCc1ccccc1.I. The van der Waals surface area contributed by atoms with Crippen molar-refractivity contribution in [3.8, 4) is 0 Å². The van der Waals surface area contributed by atoms with Crippen LogP contribution in [0.15, 0.2) is 47.7 Å². The van der Waals surface area contributed by atoms with Crippen molar-refractivity contribution in [2.24, 2.45) is 12.0 Å². The molecule has 1 unspecified atom stereocenters. The summed E-state index contributed by atoms with van der Waals surface area (Å²) in [5, 5.41) is 11.1. The highest BCUT2D eigenvalue weighted by Gasteiger charge is 2.15. The number of likely N-dealkylation sites (N-methyl/N-ethyl adjacent to an activating group) is 1. The molecule has 0 aliphatic rings. The summed E-state index contributed by atoms with van der Waals surface area (Å²) in [5.74, 6) is 0.872. The normalized spacial score (nSPS) is 12.6. The molecule has 0 spiro atoms. The maximum atomic E-state index is 4.78. The Bertz CT molecular complexity index is 668. The zero-order valence-electron chi connectivity index (χ0n) is 16.9. The first kappa shape index (κ1) is 23.4. The number of hydrogen-bond donors (Lipinski definition) is 2. The molecule has 0 bridgehead atoms.